The molecule has 0 aliphatic heterocycles. The standard InChI is InChI=1S/C17H14O5/c1-20-13-5-3-10(8-15(13)21-2)7-11-9-22-14-6-4-12(18)17(19)16(11)14/h3-6,8-9H,7H2,1-2H3. The van der Waals surface area contributed by atoms with Gasteiger partial charge in [-0.2, -0.15) is 0 Å². The zero-order chi connectivity index (χ0) is 15.7. The molecule has 112 valence electrons. The van der Waals surface area contributed by atoms with Crippen molar-refractivity contribution in [3.8, 4) is 11.5 Å². The summed E-state index contributed by atoms with van der Waals surface area (Å²) in [7, 11) is 3.13. The van der Waals surface area contributed by atoms with Crippen LogP contribution in [0, 0.1) is 0 Å². The number of hydrogen-bond donors (Lipinski definition) is 0. The number of rotatable bonds is 4. The van der Waals surface area contributed by atoms with E-state index in [9.17, 15) is 9.59 Å². The Labute approximate surface area is 127 Å². The molecule has 22 heavy (non-hydrogen) atoms. The van der Waals surface area contributed by atoms with Crippen LogP contribution in [0.4, 0.5) is 0 Å². The molecular weight excluding hydrogens is 284 g/mol. The fourth-order valence-corrected chi connectivity index (χ4v) is 2.48. The maximum Gasteiger partial charge on any atom is 0.237 e. The fourth-order valence-electron chi connectivity index (χ4n) is 2.48. The second kappa shape index (κ2) is 5.52. The van der Waals surface area contributed by atoms with Crippen LogP contribution in [0.2, 0.25) is 0 Å². The van der Waals surface area contributed by atoms with Crippen molar-refractivity contribution in [1.82, 2.24) is 0 Å². The highest BCUT2D eigenvalue weighted by atomic mass is 16.5. The van der Waals surface area contributed by atoms with Crippen molar-refractivity contribution in [3.05, 3.63) is 53.0 Å². The van der Waals surface area contributed by atoms with E-state index in [1.807, 2.05) is 12.1 Å². The number of ketones is 2. The molecule has 0 N–H and O–H groups in total. The van der Waals surface area contributed by atoms with Crippen LogP contribution in [0.15, 0.2) is 35.0 Å². The van der Waals surface area contributed by atoms with Crippen LogP contribution in [0.3, 0.4) is 0 Å². The zero-order valence-corrected chi connectivity index (χ0v) is 12.2. The fraction of sp³-hybridized carbons (Fsp3) is 0.176. The predicted molar refractivity (Wildman–Crippen MR) is 79.4 cm³/mol. The first-order valence-corrected chi connectivity index (χ1v) is 6.72. The molecule has 5 heteroatoms. The minimum absolute atomic E-state index is 0.349. The lowest BCUT2D eigenvalue weighted by atomic mass is 9.95. The van der Waals surface area contributed by atoms with Gasteiger partial charge < -0.3 is 13.9 Å². The molecule has 1 heterocycles. The van der Waals surface area contributed by atoms with Crippen molar-refractivity contribution in [3.63, 3.8) is 0 Å². The van der Waals surface area contributed by atoms with E-state index in [0.717, 1.165) is 5.56 Å². The number of allylic oxidation sites excluding steroid dienone is 1. The summed E-state index contributed by atoms with van der Waals surface area (Å²) in [5.41, 5.74) is 1.96. The Bertz CT molecular complexity index is 782. The van der Waals surface area contributed by atoms with Crippen LogP contribution in [-0.2, 0) is 11.2 Å². The quantitative estimate of drug-likeness (QED) is 0.812. The van der Waals surface area contributed by atoms with E-state index in [1.165, 1.54) is 18.4 Å². The molecule has 0 spiro atoms. The van der Waals surface area contributed by atoms with Crippen molar-refractivity contribution < 1.29 is 23.5 Å². The monoisotopic (exact) mass is 298 g/mol. The predicted octanol–water partition coefficient (Wildman–Crippen LogP) is 2.67. The molecule has 1 aliphatic rings. The third-order valence-corrected chi connectivity index (χ3v) is 3.58. The average molecular weight is 298 g/mol. The van der Waals surface area contributed by atoms with Crippen molar-refractivity contribution in [2.24, 2.45) is 0 Å². The summed E-state index contributed by atoms with van der Waals surface area (Å²) in [5, 5.41) is 0. The average Bonchev–Trinajstić information content (AvgIpc) is 2.94. The minimum Gasteiger partial charge on any atom is -0.493 e. The molecular formula is C17H14O5. The highest BCUT2D eigenvalue weighted by molar-refractivity contribution is 6.50. The molecule has 0 radical (unpaired) electrons. The summed E-state index contributed by atoms with van der Waals surface area (Å²) >= 11 is 0. The minimum atomic E-state index is -0.526. The third kappa shape index (κ3) is 2.30. The van der Waals surface area contributed by atoms with Crippen molar-refractivity contribution in [2.45, 2.75) is 6.42 Å². The molecule has 0 unspecified atom stereocenters. The SMILES string of the molecule is COc1ccc(Cc2coc3c2C(=O)C(=O)C=C3)cc1OC. The second-order valence-corrected chi connectivity index (χ2v) is 4.89. The van der Waals surface area contributed by atoms with Crippen LogP contribution >= 0.6 is 0 Å². The Morgan fingerprint density at radius 1 is 1.05 bits per heavy atom. The smallest absolute Gasteiger partial charge is 0.237 e. The van der Waals surface area contributed by atoms with E-state index in [1.54, 1.807) is 20.3 Å². The van der Waals surface area contributed by atoms with Gasteiger partial charge in [0.15, 0.2) is 11.5 Å². The molecule has 0 fully saturated rings. The molecule has 0 saturated carbocycles. The van der Waals surface area contributed by atoms with Crippen molar-refractivity contribution in [1.29, 1.82) is 0 Å². The number of carbonyl (C=O) groups is 2. The van der Waals surface area contributed by atoms with Crippen molar-refractivity contribution in [2.75, 3.05) is 14.2 Å². The Balaban J connectivity index is 1.95. The van der Waals surface area contributed by atoms with Gasteiger partial charge in [0.1, 0.15) is 5.76 Å². The maximum atomic E-state index is 12.0. The number of hydrogen-bond acceptors (Lipinski definition) is 5. The first-order valence-electron chi connectivity index (χ1n) is 6.72. The van der Waals surface area contributed by atoms with Gasteiger partial charge in [-0.25, -0.2) is 0 Å². The first-order chi connectivity index (χ1) is 10.6. The number of benzene rings is 1. The molecule has 2 aromatic rings. The van der Waals surface area contributed by atoms with Crippen LogP contribution in [0.25, 0.3) is 6.08 Å². The zero-order valence-electron chi connectivity index (χ0n) is 12.2. The van der Waals surface area contributed by atoms with Gasteiger partial charge in [-0.05, 0) is 29.8 Å². The van der Waals surface area contributed by atoms with Crippen molar-refractivity contribution >= 4 is 17.6 Å². The lowest BCUT2D eigenvalue weighted by Gasteiger charge is -2.10. The lowest BCUT2D eigenvalue weighted by molar-refractivity contribution is -0.111. The molecule has 0 amide bonds. The number of fused-ring (bicyclic) bond motifs is 1. The highest BCUT2D eigenvalue weighted by Gasteiger charge is 2.27. The Hall–Kier alpha value is -2.82. The summed E-state index contributed by atoms with van der Waals surface area (Å²) in [5.74, 6) is 0.624. The van der Waals surface area contributed by atoms with Crippen LogP contribution in [0.1, 0.15) is 27.2 Å². The van der Waals surface area contributed by atoms with E-state index in [2.05, 4.69) is 0 Å². The Morgan fingerprint density at radius 2 is 1.82 bits per heavy atom. The lowest BCUT2D eigenvalue weighted by Crippen LogP contribution is -2.16. The third-order valence-electron chi connectivity index (χ3n) is 3.58. The summed E-state index contributed by atoms with van der Waals surface area (Å²) < 4.78 is 15.8. The van der Waals surface area contributed by atoms with Gasteiger partial charge in [0.2, 0.25) is 11.6 Å². The van der Waals surface area contributed by atoms with Gasteiger partial charge in [-0.1, -0.05) is 6.07 Å². The number of ether oxygens (including phenoxy) is 2. The summed E-state index contributed by atoms with van der Waals surface area (Å²) in [6, 6.07) is 5.52. The van der Waals surface area contributed by atoms with E-state index in [-0.39, 0.29) is 0 Å². The van der Waals surface area contributed by atoms with Gasteiger partial charge in [0, 0.05) is 12.0 Å². The maximum absolute atomic E-state index is 12.0. The van der Waals surface area contributed by atoms with E-state index >= 15 is 0 Å². The molecule has 0 saturated heterocycles. The Morgan fingerprint density at radius 3 is 2.55 bits per heavy atom. The van der Waals surface area contributed by atoms with Crippen LogP contribution in [0.5, 0.6) is 11.5 Å². The number of methoxy groups -OCH3 is 2. The van der Waals surface area contributed by atoms with Gasteiger partial charge in [0.25, 0.3) is 0 Å². The van der Waals surface area contributed by atoms with Gasteiger partial charge >= 0.3 is 0 Å². The van der Waals surface area contributed by atoms with Crippen LogP contribution in [-0.4, -0.2) is 25.8 Å². The summed E-state index contributed by atoms with van der Waals surface area (Å²) in [6.07, 6.45) is 4.74. The largest absolute Gasteiger partial charge is 0.493 e. The molecule has 0 atom stereocenters. The molecule has 1 aliphatic carbocycles. The first kappa shape index (κ1) is 14.1. The van der Waals surface area contributed by atoms with Gasteiger partial charge in [-0.3, -0.25) is 9.59 Å². The summed E-state index contributed by atoms with van der Waals surface area (Å²) in [6.45, 7) is 0. The number of Topliss-reactive ketones (excluding diaryl/α,β-unsaturated/α-hetero) is 1. The van der Waals surface area contributed by atoms with E-state index in [0.29, 0.717) is 34.8 Å². The topological polar surface area (TPSA) is 65.7 Å². The summed E-state index contributed by atoms with van der Waals surface area (Å²) in [4.78, 5) is 23.5. The Kier molecular flexibility index (Phi) is 3.55. The van der Waals surface area contributed by atoms with E-state index in [4.69, 9.17) is 13.9 Å². The number of carbonyl (C=O) groups excluding carboxylic acids is 2. The molecule has 1 aromatic carbocycles. The van der Waals surface area contributed by atoms with Crippen LogP contribution < -0.4 is 9.47 Å². The van der Waals surface area contributed by atoms with Gasteiger partial charge in [-0.15, -0.1) is 0 Å². The molecule has 0 bridgehead atoms. The number of furan rings is 1. The second-order valence-electron chi connectivity index (χ2n) is 4.89. The normalized spacial score (nSPS) is 13.2. The highest BCUT2D eigenvalue weighted by Crippen LogP contribution is 2.30. The van der Waals surface area contributed by atoms with E-state index < -0.39 is 11.6 Å². The molecule has 3 rings (SSSR count). The molecule has 5 nitrogen and oxygen atoms in total. The molecule has 1 aromatic heterocycles. The van der Waals surface area contributed by atoms with Gasteiger partial charge in [0.05, 0.1) is 26.0 Å².